The van der Waals surface area contributed by atoms with Gasteiger partial charge in [-0.15, -0.1) is 0 Å². The molecule has 0 aliphatic carbocycles. The Morgan fingerprint density at radius 2 is 2.44 bits per heavy atom. The Morgan fingerprint density at radius 3 is 2.89 bits per heavy atom. The quantitative estimate of drug-likeness (QED) is 0.342. The molecule has 0 rings (SSSR count). The molecule has 0 N–H and O–H groups in total. The second-order valence-corrected chi connectivity index (χ2v) is 1.46. The Morgan fingerprint density at radius 1 is 1.78 bits per heavy atom. The van der Waals surface area contributed by atoms with E-state index in [-0.39, 0.29) is 6.61 Å². The van der Waals surface area contributed by atoms with Crippen LogP contribution in [0.5, 0.6) is 0 Å². The van der Waals surface area contributed by atoms with Gasteiger partial charge >= 0.3 is 5.97 Å². The van der Waals surface area contributed by atoms with Crippen LogP contribution in [0.4, 0.5) is 0 Å². The van der Waals surface area contributed by atoms with Gasteiger partial charge in [0, 0.05) is 11.6 Å². The van der Waals surface area contributed by atoms with Crippen LogP contribution in [0.2, 0.25) is 0 Å². The van der Waals surface area contributed by atoms with Crippen molar-refractivity contribution < 1.29 is 9.53 Å². The molecule has 0 saturated carbocycles. The zero-order valence-corrected chi connectivity index (χ0v) is 5.60. The minimum Gasteiger partial charge on any atom is -0.458 e. The van der Waals surface area contributed by atoms with Gasteiger partial charge in [0.2, 0.25) is 0 Å². The van der Waals surface area contributed by atoms with E-state index < -0.39 is 5.97 Å². The van der Waals surface area contributed by atoms with Crippen LogP contribution in [-0.2, 0) is 9.53 Å². The van der Waals surface area contributed by atoms with E-state index in [2.05, 4.69) is 11.3 Å². The molecule has 0 aromatic carbocycles. The molecular weight excluding hydrogens is 140 g/mol. The Balaban J connectivity index is 3.38. The second kappa shape index (κ2) is 5.38. The molecule has 0 atom stereocenters. The van der Waals surface area contributed by atoms with E-state index in [1.54, 1.807) is 0 Å². The maximum Gasteiger partial charge on any atom is 0.331 e. The van der Waals surface area contributed by atoms with Crippen LogP contribution in [0, 0.1) is 0 Å². The summed E-state index contributed by atoms with van der Waals surface area (Å²) in [6.07, 6.45) is 2.62. The molecule has 0 bridgehead atoms. The monoisotopic (exact) mass is 146 g/mol. The van der Waals surface area contributed by atoms with Crippen molar-refractivity contribution in [3.8, 4) is 0 Å². The van der Waals surface area contributed by atoms with Crippen molar-refractivity contribution >= 4 is 17.6 Å². The Hall–Kier alpha value is -0.760. The van der Waals surface area contributed by atoms with E-state index in [0.29, 0.717) is 0 Å². The van der Waals surface area contributed by atoms with Crippen molar-refractivity contribution in [2.45, 2.75) is 0 Å². The third-order valence-electron chi connectivity index (χ3n) is 0.543. The highest BCUT2D eigenvalue weighted by Crippen LogP contribution is 1.83. The molecule has 0 radical (unpaired) electrons. The lowest BCUT2D eigenvalue weighted by Gasteiger charge is -1.92. The van der Waals surface area contributed by atoms with E-state index in [0.717, 1.165) is 11.6 Å². The normalized spacial score (nSPS) is 9.44. The van der Waals surface area contributed by atoms with Crippen molar-refractivity contribution in [1.82, 2.24) is 0 Å². The summed E-state index contributed by atoms with van der Waals surface area (Å²) < 4.78 is 4.50. The fraction of sp³-hybridized carbons (Fsp3) is 0.167. The highest BCUT2D eigenvalue weighted by molar-refractivity contribution is 6.26. The van der Waals surface area contributed by atoms with E-state index in [1.807, 2.05) is 0 Å². The van der Waals surface area contributed by atoms with Crippen molar-refractivity contribution in [3.05, 3.63) is 24.3 Å². The number of rotatable bonds is 3. The predicted molar refractivity (Wildman–Crippen MR) is 36.1 cm³/mol. The summed E-state index contributed by atoms with van der Waals surface area (Å²) in [5, 5.41) is 0. The van der Waals surface area contributed by atoms with E-state index in [4.69, 9.17) is 11.6 Å². The number of halogens is 1. The molecule has 0 unspecified atom stereocenters. The van der Waals surface area contributed by atoms with Gasteiger partial charge in [0.15, 0.2) is 0 Å². The van der Waals surface area contributed by atoms with Crippen LogP contribution < -0.4 is 0 Å². The zero-order chi connectivity index (χ0) is 7.11. The lowest BCUT2D eigenvalue weighted by molar-refractivity contribution is -0.136. The summed E-state index contributed by atoms with van der Waals surface area (Å²) in [4.78, 5) is 10.4. The molecule has 0 aliphatic rings. The number of carbonyl (C=O) groups excluding carboxylic acids is 1. The summed E-state index contributed by atoms with van der Waals surface area (Å²) in [6.45, 7) is 3.58. The minimum absolute atomic E-state index is 0.222. The molecule has 2 nitrogen and oxygen atoms in total. The molecule has 0 aromatic rings. The molecule has 0 fully saturated rings. The van der Waals surface area contributed by atoms with Crippen LogP contribution in [0.15, 0.2) is 24.3 Å². The fourth-order valence-electron chi connectivity index (χ4n) is 0.241. The minimum atomic E-state index is -0.454. The third kappa shape index (κ3) is 5.11. The van der Waals surface area contributed by atoms with Gasteiger partial charge in [-0.1, -0.05) is 24.3 Å². The Bertz CT molecular complexity index is 129. The van der Waals surface area contributed by atoms with Crippen molar-refractivity contribution in [1.29, 1.82) is 0 Å². The highest BCUT2D eigenvalue weighted by atomic mass is 35.5. The van der Waals surface area contributed by atoms with Gasteiger partial charge in [0.1, 0.15) is 6.61 Å². The number of hydrogen-bond acceptors (Lipinski definition) is 2. The van der Waals surface area contributed by atoms with Gasteiger partial charge < -0.3 is 4.74 Å². The first-order valence-electron chi connectivity index (χ1n) is 2.35. The number of esters is 1. The van der Waals surface area contributed by atoms with Gasteiger partial charge in [-0.05, 0) is 0 Å². The van der Waals surface area contributed by atoms with Gasteiger partial charge in [-0.2, -0.15) is 0 Å². The van der Waals surface area contributed by atoms with E-state index in [1.165, 1.54) is 6.08 Å². The maximum absolute atomic E-state index is 10.4. The van der Waals surface area contributed by atoms with Gasteiger partial charge in [-0.25, -0.2) is 4.79 Å². The number of ether oxygens (including phenoxy) is 1. The van der Waals surface area contributed by atoms with Gasteiger partial charge in [-0.3, -0.25) is 0 Å². The molecular formula is C6H7ClO2. The maximum atomic E-state index is 10.4. The third-order valence-corrected chi connectivity index (χ3v) is 0.669. The molecule has 0 spiro atoms. The number of carbonyl (C=O) groups is 1. The van der Waals surface area contributed by atoms with Crippen LogP contribution >= 0.6 is 11.6 Å². The summed E-state index contributed by atoms with van der Waals surface area (Å²) in [7, 11) is 0. The first-order valence-corrected chi connectivity index (χ1v) is 2.79. The molecule has 50 valence electrons. The lowest BCUT2D eigenvalue weighted by Crippen LogP contribution is -1.98. The first-order chi connectivity index (χ1) is 4.31. The van der Waals surface area contributed by atoms with E-state index in [9.17, 15) is 4.79 Å². The van der Waals surface area contributed by atoms with Crippen LogP contribution in [0.3, 0.4) is 0 Å². The Kier molecular flexibility index (Phi) is 4.92. The summed E-state index contributed by atoms with van der Waals surface area (Å²) in [6, 6.07) is 0. The first kappa shape index (κ1) is 8.24. The molecule has 0 amide bonds. The largest absolute Gasteiger partial charge is 0.458 e. The van der Waals surface area contributed by atoms with Gasteiger partial charge in [0.25, 0.3) is 0 Å². The van der Waals surface area contributed by atoms with E-state index >= 15 is 0 Å². The molecule has 0 saturated heterocycles. The van der Waals surface area contributed by atoms with Crippen molar-refractivity contribution in [2.24, 2.45) is 0 Å². The highest BCUT2D eigenvalue weighted by Gasteiger charge is 1.90. The van der Waals surface area contributed by atoms with Crippen molar-refractivity contribution in [3.63, 3.8) is 0 Å². The second-order valence-electron chi connectivity index (χ2n) is 1.21. The smallest absolute Gasteiger partial charge is 0.331 e. The zero-order valence-electron chi connectivity index (χ0n) is 4.84. The van der Waals surface area contributed by atoms with Crippen molar-refractivity contribution in [2.75, 3.05) is 6.61 Å². The van der Waals surface area contributed by atoms with Crippen LogP contribution in [0.1, 0.15) is 0 Å². The van der Waals surface area contributed by atoms with Gasteiger partial charge in [0.05, 0.1) is 0 Å². The summed E-state index contributed by atoms with van der Waals surface area (Å²) >= 11 is 5.07. The fourth-order valence-corrected chi connectivity index (χ4v) is 0.343. The lowest BCUT2D eigenvalue weighted by atomic mass is 10.6. The van der Waals surface area contributed by atoms with Crippen LogP contribution in [0.25, 0.3) is 0 Å². The molecule has 3 heteroatoms. The average Bonchev–Trinajstić information content (AvgIpc) is 1.85. The molecule has 0 aliphatic heterocycles. The SMILES string of the molecule is C=CCOC(=O)/C=C\Cl. The Labute approximate surface area is 58.8 Å². The molecule has 9 heavy (non-hydrogen) atoms. The predicted octanol–water partition coefficient (Wildman–Crippen LogP) is 1.47. The average molecular weight is 147 g/mol. The summed E-state index contributed by atoms with van der Waals surface area (Å²) in [5.41, 5.74) is 1.10. The molecule has 0 aromatic heterocycles. The summed E-state index contributed by atoms with van der Waals surface area (Å²) in [5.74, 6) is -0.454. The number of hydrogen-bond donors (Lipinski definition) is 0. The topological polar surface area (TPSA) is 26.3 Å². The standard InChI is InChI=1S/C6H7ClO2/c1-2-5-9-6(8)3-4-7/h2-4H,1,5H2/b4-3-. The van der Waals surface area contributed by atoms with Crippen LogP contribution in [-0.4, -0.2) is 12.6 Å². The molecule has 0 heterocycles.